The summed E-state index contributed by atoms with van der Waals surface area (Å²) in [6.45, 7) is 5.78. The Kier molecular flexibility index (Phi) is 4.79. The van der Waals surface area contributed by atoms with Crippen LogP contribution in [-0.4, -0.2) is 39.2 Å². The summed E-state index contributed by atoms with van der Waals surface area (Å²) in [7, 11) is 0. The maximum atomic E-state index is 9.31. The molecule has 2 N–H and O–H groups in total. The van der Waals surface area contributed by atoms with Crippen LogP contribution in [0.3, 0.4) is 0 Å². The third-order valence-corrected chi connectivity index (χ3v) is 5.00. The average molecular weight is 301 g/mol. The highest BCUT2D eigenvalue weighted by Gasteiger charge is 2.28. The van der Waals surface area contributed by atoms with E-state index in [1.807, 2.05) is 0 Å². The molecule has 2 aromatic rings. The van der Waals surface area contributed by atoms with Crippen molar-refractivity contribution in [2.45, 2.75) is 58.0 Å². The molecule has 0 bridgehead atoms. The zero-order valence-electron chi connectivity index (χ0n) is 13.7. The summed E-state index contributed by atoms with van der Waals surface area (Å²) in [6, 6.07) is 7.23. The van der Waals surface area contributed by atoms with Gasteiger partial charge in [0.15, 0.2) is 0 Å². The highest BCUT2D eigenvalue weighted by Crippen LogP contribution is 2.29. The number of aliphatic hydroxyl groups is 1. The van der Waals surface area contributed by atoms with Gasteiger partial charge in [-0.2, -0.15) is 0 Å². The number of fused-ring (bicyclic) bond motifs is 1. The molecule has 120 valence electrons. The van der Waals surface area contributed by atoms with E-state index >= 15 is 0 Å². The standard InChI is InChI=1S/C18H27N3O/c1-3-14-7-8-16-17(12-14)20-18(19-16)13(2)21-10-5-4-6-15(21)9-11-22/h7-8,12-13,15,22H,3-6,9-11H2,1-2H3,(H,19,20). The third kappa shape index (κ3) is 3.03. The summed E-state index contributed by atoms with van der Waals surface area (Å²) in [5.74, 6) is 1.05. The van der Waals surface area contributed by atoms with Crippen molar-refractivity contribution in [3.05, 3.63) is 29.6 Å². The van der Waals surface area contributed by atoms with Crippen LogP contribution < -0.4 is 0 Å². The fraction of sp³-hybridized carbons (Fsp3) is 0.611. The second kappa shape index (κ2) is 6.80. The number of hydrogen-bond acceptors (Lipinski definition) is 3. The van der Waals surface area contributed by atoms with Crippen LogP contribution in [0.25, 0.3) is 11.0 Å². The van der Waals surface area contributed by atoms with E-state index in [0.29, 0.717) is 6.04 Å². The van der Waals surface area contributed by atoms with Crippen molar-refractivity contribution in [1.82, 2.24) is 14.9 Å². The smallest absolute Gasteiger partial charge is 0.124 e. The summed E-state index contributed by atoms with van der Waals surface area (Å²) in [4.78, 5) is 10.8. The van der Waals surface area contributed by atoms with E-state index in [1.165, 1.54) is 24.8 Å². The van der Waals surface area contributed by atoms with Gasteiger partial charge < -0.3 is 10.1 Å². The first-order chi connectivity index (χ1) is 10.7. The molecule has 2 heterocycles. The number of imidazole rings is 1. The molecule has 1 fully saturated rings. The fourth-order valence-corrected chi connectivity index (χ4v) is 3.64. The number of aromatic nitrogens is 2. The van der Waals surface area contributed by atoms with Crippen LogP contribution in [0.4, 0.5) is 0 Å². The second-order valence-corrected chi connectivity index (χ2v) is 6.40. The van der Waals surface area contributed by atoms with E-state index in [9.17, 15) is 5.11 Å². The topological polar surface area (TPSA) is 52.1 Å². The number of likely N-dealkylation sites (tertiary alicyclic amines) is 1. The van der Waals surface area contributed by atoms with E-state index in [-0.39, 0.29) is 12.6 Å². The van der Waals surface area contributed by atoms with E-state index in [0.717, 1.165) is 36.2 Å². The maximum absolute atomic E-state index is 9.31. The molecule has 3 rings (SSSR count). The van der Waals surface area contributed by atoms with Gasteiger partial charge in [-0.05, 0) is 56.8 Å². The van der Waals surface area contributed by atoms with Crippen molar-refractivity contribution >= 4 is 11.0 Å². The monoisotopic (exact) mass is 301 g/mol. The Balaban J connectivity index is 1.85. The SMILES string of the molecule is CCc1ccc2nc(C(C)N3CCCCC3CCO)[nH]c2c1. The van der Waals surface area contributed by atoms with Crippen LogP contribution in [0.1, 0.15) is 57.0 Å². The maximum Gasteiger partial charge on any atom is 0.124 e. The molecular weight excluding hydrogens is 274 g/mol. The molecule has 0 aliphatic carbocycles. The first-order valence-corrected chi connectivity index (χ1v) is 8.58. The second-order valence-electron chi connectivity index (χ2n) is 6.40. The van der Waals surface area contributed by atoms with Gasteiger partial charge in [0.2, 0.25) is 0 Å². The average Bonchev–Trinajstić information content (AvgIpc) is 2.98. The highest BCUT2D eigenvalue weighted by molar-refractivity contribution is 5.76. The van der Waals surface area contributed by atoms with Gasteiger partial charge >= 0.3 is 0 Å². The molecule has 0 spiro atoms. The van der Waals surface area contributed by atoms with Gasteiger partial charge in [0.05, 0.1) is 17.1 Å². The van der Waals surface area contributed by atoms with Crippen LogP contribution in [-0.2, 0) is 6.42 Å². The van der Waals surface area contributed by atoms with E-state index in [4.69, 9.17) is 4.98 Å². The predicted molar refractivity (Wildman–Crippen MR) is 89.9 cm³/mol. The zero-order valence-corrected chi connectivity index (χ0v) is 13.7. The minimum atomic E-state index is 0.272. The van der Waals surface area contributed by atoms with Crippen LogP contribution in [0.15, 0.2) is 18.2 Å². The van der Waals surface area contributed by atoms with Gasteiger partial charge in [-0.1, -0.05) is 19.4 Å². The Labute approximate surface area is 132 Å². The third-order valence-electron chi connectivity index (χ3n) is 5.00. The molecule has 4 heteroatoms. The normalized spacial score (nSPS) is 21.3. The Hall–Kier alpha value is -1.39. The summed E-state index contributed by atoms with van der Waals surface area (Å²) in [5.41, 5.74) is 3.53. The molecule has 1 saturated heterocycles. The molecule has 1 aliphatic heterocycles. The molecule has 1 aromatic carbocycles. The summed E-state index contributed by atoms with van der Waals surface area (Å²) in [6.07, 6.45) is 5.61. The quantitative estimate of drug-likeness (QED) is 0.889. The fourth-order valence-electron chi connectivity index (χ4n) is 3.64. The lowest BCUT2D eigenvalue weighted by Gasteiger charge is -2.39. The molecule has 22 heavy (non-hydrogen) atoms. The number of nitrogens with one attached hydrogen (secondary N) is 1. The van der Waals surface area contributed by atoms with Gasteiger partial charge in [0.1, 0.15) is 5.82 Å². The number of rotatable bonds is 5. The summed E-state index contributed by atoms with van der Waals surface area (Å²) >= 11 is 0. The molecular formula is C18H27N3O. The Morgan fingerprint density at radius 2 is 2.27 bits per heavy atom. The number of aliphatic hydroxyl groups excluding tert-OH is 1. The van der Waals surface area contributed by atoms with E-state index < -0.39 is 0 Å². The predicted octanol–water partition coefficient (Wildman–Crippen LogP) is 3.42. The Morgan fingerprint density at radius 3 is 3.05 bits per heavy atom. The number of H-pyrrole nitrogens is 1. The van der Waals surface area contributed by atoms with Crippen molar-refractivity contribution in [3.63, 3.8) is 0 Å². The van der Waals surface area contributed by atoms with Gasteiger partial charge in [-0.25, -0.2) is 4.98 Å². The molecule has 2 atom stereocenters. The zero-order chi connectivity index (χ0) is 15.5. The molecule has 0 amide bonds. The lowest BCUT2D eigenvalue weighted by molar-refractivity contribution is 0.0794. The van der Waals surface area contributed by atoms with E-state index in [1.54, 1.807) is 0 Å². The minimum absolute atomic E-state index is 0.272. The number of piperidine rings is 1. The van der Waals surface area contributed by atoms with Crippen molar-refractivity contribution in [2.75, 3.05) is 13.2 Å². The van der Waals surface area contributed by atoms with Gasteiger partial charge in [-0.3, -0.25) is 4.90 Å². The molecule has 1 aromatic heterocycles. The summed E-state index contributed by atoms with van der Waals surface area (Å²) < 4.78 is 0. The Morgan fingerprint density at radius 1 is 1.41 bits per heavy atom. The van der Waals surface area contributed by atoms with Crippen LogP contribution in [0, 0.1) is 0 Å². The molecule has 2 unspecified atom stereocenters. The molecule has 0 radical (unpaired) electrons. The van der Waals surface area contributed by atoms with Gasteiger partial charge in [0, 0.05) is 12.6 Å². The van der Waals surface area contributed by atoms with Crippen molar-refractivity contribution in [1.29, 1.82) is 0 Å². The number of hydrogen-bond donors (Lipinski definition) is 2. The lowest BCUT2D eigenvalue weighted by Crippen LogP contribution is -2.41. The molecule has 0 saturated carbocycles. The summed E-state index contributed by atoms with van der Waals surface area (Å²) in [5, 5.41) is 9.31. The van der Waals surface area contributed by atoms with Gasteiger partial charge in [0.25, 0.3) is 0 Å². The van der Waals surface area contributed by atoms with Crippen molar-refractivity contribution < 1.29 is 5.11 Å². The lowest BCUT2D eigenvalue weighted by atomic mass is 9.97. The first kappa shape index (κ1) is 15.5. The minimum Gasteiger partial charge on any atom is -0.396 e. The number of aromatic amines is 1. The van der Waals surface area contributed by atoms with Crippen molar-refractivity contribution in [2.24, 2.45) is 0 Å². The van der Waals surface area contributed by atoms with Crippen molar-refractivity contribution in [3.8, 4) is 0 Å². The van der Waals surface area contributed by atoms with E-state index in [2.05, 4.69) is 41.9 Å². The Bertz CT molecular complexity index is 620. The van der Waals surface area contributed by atoms with Crippen LogP contribution in [0.5, 0.6) is 0 Å². The van der Waals surface area contributed by atoms with Gasteiger partial charge in [-0.15, -0.1) is 0 Å². The largest absolute Gasteiger partial charge is 0.396 e. The molecule has 1 aliphatic rings. The van der Waals surface area contributed by atoms with Crippen LogP contribution >= 0.6 is 0 Å². The number of nitrogens with zero attached hydrogens (tertiary/aromatic N) is 2. The highest BCUT2D eigenvalue weighted by atomic mass is 16.3. The number of benzene rings is 1. The molecule has 4 nitrogen and oxygen atoms in total. The number of aryl methyl sites for hydroxylation is 1. The van der Waals surface area contributed by atoms with Crippen LogP contribution in [0.2, 0.25) is 0 Å². The first-order valence-electron chi connectivity index (χ1n) is 8.58.